The van der Waals surface area contributed by atoms with Gasteiger partial charge in [0.15, 0.2) is 8.07 Å². The minimum atomic E-state index is -3.13. The van der Waals surface area contributed by atoms with Gasteiger partial charge in [0.05, 0.1) is 0 Å². The van der Waals surface area contributed by atoms with Gasteiger partial charge in [-0.3, -0.25) is 0 Å². The summed E-state index contributed by atoms with van der Waals surface area (Å²) < 4.78 is 0. The van der Waals surface area contributed by atoms with Crippen molar-refractivity contribution >= 4 is 23.6 Å². The Morgan fingerprint density at radius 1 is 0.397 bits per heavy atom. The molecule has 1 aliphatic carbocycles. The van der Waals surface area contributed by atoms with E-state index in [0.29, 0.717) is 0 Å². The van der Waals surface area contributed by atoms with E-state index in [0.717, 1.165) is 19.3 Å². The van der Waals surface area contributed by atoms with Crippen molar-refractivity contribution in [1.29, 1.82) is 0 Å². The van der Waals surface area contributed by atoms with Crippen molar-refractivity contribution in [2.24, 2.45) is 0 Å². The fourth-order valence-electron chi connectivity index (χ4n) is 11.2. The zero-order valence-electron chi connectivity index (χ0n) is 37.6. The third-order valence-corrected chi connectivity index (χ3v) is 20.1. The number of hydrogen-bond acceptors (Lipinski definition) is 0. The smallest absolute Gasteiger partial charge is 0.0730 e. The van der Waals surface area contributed by atoms with Crippen LogP contribution in [0.5, 0.6) is 0 Å². The Bertz CT molecular complexity index is 2310. The molecule has 0 aliphatic heterocycles. The maximum absolute atomic E-state index is 3.13. The van der Waals surface area contributed by atoms with E-state index in [4.69, 9.17) is 0 Å². The third kappa shape index (κ3) is 7.11. The first kappa shape index (κ1) is 41.2. The number of allylic oxidation sites excluding steroid dienone is 4. The quantitative estimate of drug-likeness (QED) is 0.0960. The largest absolute Gasteiger partial charge is 0.162 e. The highest BCUT2D eigenvalue weighted by atomic mass is 28.3. The molecule has 58 heavy (non-hydrogen) atoms. The summed E-state index contributed by atoms with van der Waals surface area (Å²) in [6.45, 7) is 30.3. The van der Waals surface area contributed by atoms with Crippen molar-refractivity contribution in [1.82, 2.24) is 0 Å². The van der Waals surface area contributed by atoms with Gasteiger partial charge in [-0.1, -0.05) is 150 Å². The van der Waals surface area contributed by atoms with Gasteiger partial charge in [-0.05, 0) is 190 Å². The van der Waals surface area contributed by atoms with Crippen LogP contribution in [-0.2, 0) is 19.3 Å². The Morgan fingerprint density at radius 3 is 0.931 bits per heavy atom. The van der Waals surface area contributed by atoms with Crippen LogP contribution in [-0.4, -0.2) is 8.07 Å². The van der Waals surface area contributed by atoms with Crippen molar-refractivity contribution < 1.29 is 0 Å². The summed E-state index contributed by atoms with van der Waals surface area (Å²) >= 11 is 0. The second kappa shape index (κ2) is 16.0. The van der Waals surface area contributed by atoms with Gasteiger partial charge in [-0.25, -0.2) is 0 Å². The average Bonchev–Trinajstić information content (AvgIpc) is 3.36. The lowest BCUT2D eigenvalue weighted by Gasteiger charge is -2.49. The van der Waals surface area contributed by atoms with E-state index in [2.05, 4.69) is 205 Å². The zero-order chi connectivity index (χ0) is 41.7. The highest BCUT2D eigenvalue weighted by Crippen LogP contribution is 2.53. The van der Waals surface area contributed by atoms with Gasteiger partial charge in [0.2, 0.25) is 0 Å². The van der Waals surface area contributed by atoms with Gasteiger partial charge < -0.3 is 0 Å². The first-order valence-electron chi connectivity index (χ1n) is 21.4. The number of rotatable bonds is 10. The number of benzene rings is 6. The van der Waals surface area contributed by atoms with Crippen LogP contribution >= 0.6 is 0 Å². The Balaban J connectivity index is 1.65. The van der Waals surface area contributed by atoms with E-state index < -0.39 is 8.07 Å². The van der Waals surface area contributed by atoms with Crippen LogP contribution in [0.1, 0.15) is 111 Å². The maximum atomic E-state index is 2.70. The molecule has 0 bridgehead atoms. The SMILES string of the molecule is CC1=CC(C)([Si](c2ccccc2Cc2c(C)cc(C)cc2C)(c2ccccc2Cc2c(C)cc(C)cc2C)c2ccccc2Cc2c(C)cc(C)cc2C)C(C)=C1C. The molecule has 0 nitrogen and oxygen atoms in total. The minimum absolute atomic E-state index is 0.254. The summed E-state index contributed by atoms with van der Waals surface area (Å²) in [7, 11) is -3.13. The third-order valence-electron chi connectivity index (χ3n) is 14.1. The summed E-state index contributed by atoms with van der Waals surface area (Å²) in [6, 6.07) is 43.2. The standard InChI is InChI=1S/C57H64Si/c1-36-26-39(4)51(40(5)27-36)32-48-20-14-17-23-54(48)58(57(13)35-45(10)46(11)47(57)12,55-24-18-15-21-49(55)33-52-41(6)28-37(2)29-42(52)7)56-25-19-16-22-50(56)34-53-43(8)30-38(3)31-44(53)9/h14-31,35H,32-34H2,1-13H3. The summed E-state index contributed by atoms with van der Waals surface area (Å²) in [5.41, 5.74) is 25.3. The highest BCUT2D eigenvalue weighted by molar-refractivity contribution is 7.14. The van der Waals surface area contributed by atoms with E-state index in [1.54, 1.807) is 0 Å². The second-order valence-corrected chi connectivity index (χ2v) is 22.3. The lowest BCUT2D eigenvalue weighted by Crippen LogP contribution is -2.75. The highest BCUT2D eigenvalue weighted by Gasteiger charge is 2.58. The lowest BCUT2D eigenvalue weighted by atomic mass is 9.94. The molecule has 0 saturated carbocycles. The van der Waals surface area contributed by atoms with Crippen LogP contribution in [0.3, 0.4) is 0 Å². The predicted molar refractivity (Wildman–Crippen MR) is 255 cm³/mol. The molecule has 0 N–H and O–H groups in total. The van der Waals surface area contributed by atoms with E-state index in [1.165, 1.54) is 116 Å². The summed E-state index contributed by atoms with van der Waals surface area (Å²) in [4.78, 5) is 0. The lowest BCUT2D eigenvalue weighted by molar-refractivity contribution is 0.867. The first-order valence-corrected chi connectivity index (χ1v) is 23.4. The second-order valence-electron chi connectivity index (χ2n) is 18.2. The first-order chi connectivity index (χ1) is 27.6. The Morgan fingerprint density at radius 2 is 0.672 bits per heavy atom. The Hall–Kier alpha value is -4.98. The van der Waals surface area contributed by atoms with Gasteiger partial charge >= 0.3 is 0 Å². The molecule has 0 heterocycles. The van der Waals surface area contributed by atoms with Crippen molar-refractivity contribution in [2.45, 2.75) is 114 Å². The van der Waals surface area contributed by atoms with Crippen molar-refractivity contribution in [3.8, 4) is 0 Å². The van der Waals surface area contributed by atoms with Crippen molar-refractivity contribution in [3.05, 3.63) is 215 Å². The number of hydrogen-bond donors (Lipinski definition) is 0. The molecule has 6 aromatic rings. The van der Waals surface area contributed by atoms with E-state index in [9.17, 15) is 0 Å². The molecule has 1 heteroatoms. The molecule has 1 unspecified atom stereocenters. The molecule has 0 fully saturated rings. The molecule has 0 amide bonds. The molecule has 0 saturated heterocycles. The summed E-state index contributed by atoms with van der Waals surface area (Å²) in [5.74, 6) is 0. The summed E-state index contributed by atoms with van der Waals surface area (Å²) in [5, 5.41) is 4.34. The molecule has 7 rings (SSSR count). The molecule has 0 radical (unpaired) electrons. The number of aryl methyl sites for hydroxylation is 9. The van der Waals surface area contributed by atoms with Crippen LogP contribution in [0.15, 0.2) is 132 Å². The van der Waals surface area contributed by atoms with E-state index >= 15 is 0 Å². The van der Waals surface area contributed by atoms with Gasteiger partial charge in [-0.15, -0.1) is 0 Å². The van der Waals surface area contributed by atoms with E-state index in [1.807, 2.05) is 0 Å². The molecule has 6 aromatic carbocycles. The van der Waals surface area contributed by atoms with Crippen LogP contribution in [0.4, 0.5) is 0 Å². The van der Waals surface area contributed by atoms with Crippen LogP contribution in [0.2, 0.25) is 5.04 Å². The fourth-order valence-corrected chi connectivity index (χ4v) is 17.9. The molecule has 0 spiro atoms. The average molecular weight is 777 g/mol. The maximum Gasteiger partial charge on any atom is 0.162 e. The molecule has 296 valence electrons. The fraction of sp³-hybridized carbons (Fsp3) is 0.298. The minimum Gasteiger partial charge on any atom is -0.0730 e. The van der Waals surface area contributed by atoms with Crippen LogP contribution in [0, 0.1) is 62.3 Å². The topological polar surface area (TPSA) is 0 Å². The van der Waals surface area contributed by atoms with Crippen LogP contribution < -0.4 is 15.6 Å². The molecule has 1 aliphatic rings. The van der Waals surface area contributed by atoms with Gasteiger partial charge in [0, 0.05) is 5.04 Å². The van der Waals surface area contributed by atoms with Gasteiger partial charge in [0.25, 0.3) is 0 Å². The normalized spacial score (nSPS) is 15.6. The van der Waals surface area contributed by atoms with Crippen molar-refractivity contribution in [2.75, 3.05) is 0 Å². The van der Waals surface area contributed by atoms with Gasteiger partial charge in [0.1, 0.15) is 0 Å². The van der Waals surface area contributed by atoms with Crippen LogP contribution in [0.25, 0.3) is 0 Å². The molecular weight excluding hydrogens is 713 g/mol. The Kier molecular flexibility index (Phi) is 11.4. The summed E-state index contributed by atoms with van der Waals surface area (Å²) in [6.07, 6.45) is 5.40. The van der Waals surface area contributed by atoms with Gasteiger partial charge in [-0.2, -0.15) is 0 Å². The zero-order valence-corrected chi connectivity index (χ0v) is 38.6. The molecule has 0 aromatic heterocycles. The molecular formula is C57H64Si. The predicted octanol–water partition coefficient (Wildman–Crippen LogP) is 12.8. The monoisotopic (exact) mass is 776 g/mol. The van der Waals surface area contributed by atoms with Crippen molar-refractivity contribution in [3.63, 3.8) is 0 Å². The Labute approximate surface area is 351 Å². The molecule has 1 atom stereocenters. The van der Waals surface area contributed by atoms with E-state index in [-0.39, 0.29) is 5.04 Å².